The first kappa shape index (κ1) is 20.4. The summed E-state index contributed by atoms with van der Waals surface area (Å²) in [5.41, 5.74) is 3.49. The molecule has 1 aliphatic heterocycles. The fraction of sp³-hybridized carbons (Fsp3) is 0.0526. The minimum absolute atomic E-state index is 0.00190. The van der Waals surface area contributed by atoms with Crippen LogP contribution in [-0.2, 0) is 9.59 Å². The molecular weight excluding hydrogens is 416 g/mol. The van der Waals surface area contributed by atoms with E-state index in [0.29, 0.717) is 11.3 Å². The van der Waals surface area contributed by atoms with Crippen LogP contribution in [0.25, 0.3) is 6.08 Å². The summed E-state index contributed by atoms with van der Waals surface area (Å²) >= 11 is 6.28. The summed E-state index contributed by atoms with van der Waals surface area (Å²) in [5, 5.41) is 19.2. The van der Waals surface area contributed by atoms with E-state index in [1.165, 1.54) is 12.1 Å². The number of thioether (sulfide) groups is 1. The average molecular weight is 430 g/mol. The molecule has 1 aliphatic rings. The Labute approximate surface area is 174 Å². The Balaban J connectivity index is 1.85. The first-order chi connectivity index (χ1) is 13.9. The average Bonchev–Trinajstić information content (AvgIpc) is 2.95. The second kappa shape index (κ2) is 8.76. The first-order valence-corrected chi connectivity index (χ1v) is 9.40. The summed E-state index contributed by atoms with van der Waals surface area (Å²) in [4.78, 5) is 35.2. The number of carbonyl (C=O) groups is 3. The number of hydrazine groups is 1. The zero-order valence-corrected chi connectivity index (χ0v) is 16.3. The number of carbonyl (C=O) groups excluding carboxylic acids is 1. The van der Waals surface area contributed by atoms with Gasteiger partial charge in [0.2, 0.25) is 0 Å². The second-order valence-corrected chi connectivity index (χ2v) is 7.38. The molecule has 10 heteroatoms. The van der Waals surface area contributed by atoms with Crippen molar-refractivity contribution in [3.8, 4) is 5.75 Å². The Morgan fingerprint density at radius 3 is 2.55 bits per heavy atom. The number of hydrogen-bond donors (Lipinski definition) is 3. The van der Waals surface area contributed by atoms with Crippen LogP contribution in [0.5, 0.6) is 5.75 Å². The predicted octanol–water partition coefficient (Wildman–Crippen LogP) is 3.08. The summed E-state index contributed by atoms with van der Waals surface area (Å²) in [6.45, 7) is -0.515. The molecule has 0 unspecified atom stereocenters. The van der Waals surface area contributed by atoms with Crippen molar-refractivity contribution in [1.82, 2.24) is 5.01 Å². The van der Waals surface area contributed by atoms with Crippen molar-refractivity contribution in [3.63, 3.8) is 0 Å². The number of aromatic carboxylic acids is 1. The van der Waals surface area contributed by atoms with E-state index in [2.05, 4.69) is 5.43 Å². The van der Waals surface area contributed by atoms with Crippen molar-refractivity contribution >= 4 is 57.9 Å². The molecule has 0 spiro atoms. The smallest absolute Gasteiger partial charge is 0.341 e. The van der Waals surface area contributed by atoms with Crippen LogP contribution < -0.4 is 10.2 Å². The highest BCUT2D eigenvalue weighted by Gasteiger charge is 2.33. The van der Waals surface area contributed by atoms with Crippen LogP contribution in [0.1, 0.15) is 15.9 Å². The molecular formula is C19H14N2O6S2. The van der Waals surface area contributed by atoms with Crippen LogP contribution in [0, 0.1) is 0 Å². The molecule has 0 atom stereocenters. The number of carboxylic acid groups (broad SMARTS) is 2. The monoisotopic (exact) mass is 430 g/mol. The fourth-order valence-electron chi connectivity index (χ4n) is 2.46. The molecule has 0 aliphatic carbocycles. The third kappa shape index (κ3) is 4.73. The number of hydrogen-bond acceptors (Lipinski definition) is 7. The molecule has 3 N–H and O–H groups in total. The van der Waals surface area contributed by atoms with Crippen molar-refractivity contribution < 1.29 is 29.3 Å². The normalized spacial score (nSPS) is 14.9. The Kier molecular flexibility index (Phi) is 6.15. The largest absolute Gasteiger partial charge is 0.481 e. The number of ether oxygens (including phenoxy) is 1. The van der Waals surface area contributed by atoms with Crippen LogP contribution in [-0.4, -0.2) is 44.0 Å². The lowest BCUT2D eigenvalue weighted by Crippen LogP contribution is -2.34. The number of carboxylic acids is 2. The lowest BCUT2D eigenvalue weighted by molar-refractivity contribution is -0.139. The maximum Gasteiger partial charge on any atom is 0.341 e. The Bertz CT molecular complexity index is 1040. The van der Waals surface area contributed by atoms with Gasteiger partial charge >= 0.3 is 11.9 Å². The number of amides is 1. The molecule has 148 valence electrons. The Morgan fingerprint density at radius 2 is 1.83 bits per heavy atom. The lowest BCUT2D eigenvalue weighted by Gasteiger charge is -2.18. The van der Waals surface area contributed by atoms with E-state index >= 15 is 0 Å². The number of aliphatic carboxylic acids is 1. The molecule has 1 heterocycles. The lowest BCUT2D eigenvalue weighted by atomic mass is 10.2. The molecule has 29 heavy (non-hydrogen) atoms. The van der Waals surface area contributed by atoms with Gasteiger partial charge in [-0.05, 0) is 36.5 Å². The minimum atomic E-state index is -1.14. The maximum absolute atomic E-state index is 12.8. The number of rotatable bonds is 7. The zero-order valence-electron chi connectivity index (χ0n) is 14.7. The van der Waals surface area contributed by atoms with E-state index in [4.69, 9.17) is 22.1 Å². The molecule has 0 radical (unpaired) electrons. The highest BCUT2D eigenvalue weighted by atomic mass is 32.2. The van der Waals surface area contributed by atoms with Crippen molar-refractivity contribution in [1.29, 1.82) is 0 Å². The van der Waals surface area contributed by atoms with E-state index in [9.17, 15) is 19.5 Å². The summed E-state index contributed by atoms with van der Waals surface area (Å²) in [6, 6.07) is 12.8. The van der Waals surface area contributed by atoms with Gasteiger partial charge in [0.05, 0.1) is 16.2 Å². The molecule has 0 bridgehead atoms. The summed E-state index contributed by atoms with van der Waals surface area (Å²) in [5.74, 6) is -2.41. The predicted molar refractivity (Wildman–Crippen MR) is 112 cm³/mol. The fourth-order valence-corrected chi connectivity index (χ4v) is 3.63. The number of nitrogens with one attached hydrogen (secondary N) is 1. The number of thiocarbonyl (C=S) groups is 1. The van der Waals surface area contributed by atoms with Crippen LogP contribution in [0.15, 0.2) is 53.4 Å². The van der Waals surface area contributed by atoms with Gasteiger partial charge in [-0.3, -0.25) is 10.2 Å². The number of nitrogens with zero attached hydrogens (tertiary/aromatic N) is 1. The number of para-hydroxylation sites is 2. The standard InChI is InChI=1S/C19H14N2O6S2/c22-16(23)10-27-14-8-4-1-5-11(14)9-15-17(24)21(19(28)29-15)20-13-7-3-2-6-12(13)18(25)26/h1-9,20H,10H2,(H,22,23)(H,25,26). The summed E-state index contributed by atoms with van der Waals surface area (Å²) in [7, 11) is 0. The van der Waals surface area contributed by atoms with Gasteiger partial charge < -0.3 is 14.9 Å². The van der Waals surface area contributed by atoms with Crippen LogP contribution in [0.2, 0.25) is 0 Å². The second-order valence-electron chi connectivity index (χ2n) is 5.70. The molecule has 1 saturated heterocycles. The quantitative estimate of drug-likeness (QED) is 0.450. The molecule has 3 rings (SSSR count). The van der Waals surface area contributed by atoms with E-state index in [1.807, 2.05) is 0 Å². The van der Waals surface area contributed by atoms with Crippen molar-refractivity contribution in [2.45, 2.75) is 0 Å². The van der Waals surface area contributed by atoms with Crippen LogP contribution in [0.4, 0.5) is 5.69 Å². The third-order valence-corrected chi connectivity index (χ3v) is 5.04. The molecule has 2 aromatic rings. The number of anilines is 1. The highest BCUT2D eigenvalue weighted by Crippen LogP contribution is 2.34. The highest BCUT2D eigenvalue weighted by molar-refractivity contribution is 8.26. The van der Waals surface area contributed by atoms with Gasteiger partial charge in [0.25, 0.3) is 5.91 Å². The third-order valence-electron chi connectivity index (χ3n) is 3.74. The SMILES string of the molecule is O=C(O)COc1ccccc1C=C1SC(=S)N(Nc2ccccc2C(=O)O)C1=O. The molecule has 8 nitrogen and oxygen atoms in total. The molecule has 1 fully saturated rings. The van der Waals surface area contributed by atoms with E-state index in [0.717, 1.165) is 16.8 Å². The Morgan fingerprint density at radius 1 is 1.14 bits per heavy atom. The minimum Gasteiger partial charge on any atom is -0.481 e. The van der Waals surface area contributed by atoms with Crippen molar-refractivity contribution in [3.05, 3.63) is 64.6 Å². The van der Waals surface area contributed by atoms with Gasteiger partial charge in [0.1, 0.15) is 5.75 Å². The van der Waals surface area contributed by atoms with Gasteiger partial charge in [-0.15, -0.1) is 0 Å². The van der Waals surface area contributed by atoms with Gasteiger partial charge in [-0.2, -0.15) is 0 Å². The van der Waals surface area contributed by atoms with Crippen molar-refractivity contribution in [2.24, 2.45) is 0 Å². The van der Waals surface area contributed by atoms with Gasteiger partial charge in [0, 0.05) is 5.56 Å². The van der Waals surface area contributed by atoms with Crippen molar-refractivity contribution in [2.75, 3.05) is 12.0 Å². The number of benzene rings is 2. The van der Waals surface area contributed by atoms with Crippen LogP contribution in [0.3, 0.4) is 0 Å². The first-order valence-electron chi connectivity index (χ1n) is 8.17. The topological polar surface area (TPSA) is 116 Å². The summed E-state index contributed by atoms with van der Waals surface area (Å²) < 4.78 is 5.44. The van der Waals surface area contributed by atoms with Crippen LogP contribution >= 0.6 is 24.0 Å². The van der Waals surface area contributed by atoms with E-state index in [1.54, 1.807) is 42.5 Å². The Hall–Kier alpha value is -3.37. The summed E-state index contributed by atoms with van der Waals surface area (Å²) in [6.07, 6.45) is 1.54. The zero-order chi connectivity index (χ0) is 21.0. The molecule has 2 aromatic carbocycles. The molecule has 0 saturated carbocycles. The van der Waals surface area contributed by atoms with Gasteiger partial charge in [-0.25, -0.2) is 14.6 Å². The maximum atomic E-state index is 12.8. The molecule has 0 aromatic heterocycles. The van der Waals surface area contributed by atoms with Gasteiger partial charge in [0.15, 0.2) is 10.9 Å². The van der Waals surface area contributed by atoms with E-state index < -0.39 is 24.5 Å². The molecule has 1 amide bonds. The van der Waals surface area contributed by atoms with E-state index in [-0.39, 0.29) is 20.5 Å². The van der Waals surface area contributed by atoms with Gasteiger partial charge in [-0.1, -0.05) is 42.1 Å².